The molecular formula is C13H22N2O2. The molecule has 1 N–H and O–H groups in total. The summed E-state index contributed by atoms with van der Waals surface area (Å²) in [6, 6.07) is 0.350. The van der Waals surface area contributed by atoms with E-state index in [0.29, 0.717) is 25.0 Å². The van der Waals surface area contributed by atoms with Crippen LogP contribution in [0.4, 0.5) is 0 Å². The lowest BCUT2D eigenvalue weighted by atomic mass is 9.85. The lowest BCUT2D eigenvalue weighted by Gasteiger charge is -2.39. The zero-order valence-electron chi connectivity index (χ0n) is 10.7. The maximum Gasteiger partial charge on any atom is 0.226 e. The van der Waals surface area contributed by atoms with Crippen LogP contribution in [0, 0.1) is 11.8 Å². The first-order chi connectivity index (χ1) is 8.08. The van der Waals surface area contributed by atoms with Gasteiger partial charge in [-0.25, -0.2) is 0 Å². The van der Waals surface area contributed by atoms with Crippen molar-refractivity contribution in [1.29, 1.82) is 0 Å². The standard InChI is InChI=1S/C13H22N2O2/c1-9-5-3-4-6-12(9)14-13(17)11-7-15(8-11)10(2)16/h9,11-12H,3-8H2,1-2H3,(H,14,17). The topological polar surface area (TPSA) is 49.4 Å². The Morgan fingerprint density at radius 3 is 2.41 bits per heavy atom. The highest BCUT2D eigenvalue weighted by Gasteiger charge is 2.35. The van der Waals surface area contributed by atoms with E-state index in [-0.39, 0.29) is 17.7 Å². The summed E-state index contributed by atoms with van der Waals surface area (Å²) in [6.07, 6.45) is 4.83. The van der Waals surface area contributed by atoms with E-state index in [2.05, 4.69) is 12.2 Å². The molecule has 2 aliphatic rings. The van der Waals surface area contributed by atoms with Gasteiger partial charge in [0.25, 0.3) is 0 Å². The molecule has 17 heavy (non-hydrogen) atoms. The molecule has 1 saturated carbocycles. The van der Waals surface area contributed by atoms with E-state index in [1.165, 1.54) is 19.3 Å². The summed E-state index contributed by atoms with van der Waals surface area (Å²) in [7, 11) is 0. The van der Waals surface area contributed by atoms with Gasteiger partial charge < -0.3 is 10.2 Å². The van der Waals surface area contributed by atoms with Gasteiger partial charge in [0.15, 0.2) is 0 Å². The Hall–Kier alpha value is -1.06. The molecule has 0 aromatic heterocycles. The molecule has 1 aliphatic carbocycles. The van der Waals surface area contributed by atoms with Crippen molar-refractivity contribution in [2.75, 3.05) is 13.1 Å². The molecular weight excluding hydrogens is 216 g/mol. The summed E-state index contributed by atoms with van der Waals surface area (Å²) < 4.78 is 0. The van der Waals surface area contributed by atoms with Crippen molar-refractivity contribution in [3.05, 3.63) is 0 Å². The average molecular weight is 238 g/mol. The molecule has 0 spiro atoms. The summed E-state index contributed by atoms with van der Waals surface area (Å²) >= 11 is 0. The molecule has 1 heterocycles. The molecule has 0 aromatic carbocycles. The maximum absolute atomic E-state index is 12.0. The number of amides is 2. The smallest absolute Gasteiger partial charge is 0.226 e. The fourth-order valence-electron chi connectivity index (χ4n) is 2.73. The van der Waals surface area contributed by atoms with Crippen LogP contribution in [-0.2, 0) is 9.59 Å². The highest BCUT2D eigenvalue weighted by atomic mass is 16.2. The third-order valence-corrected chi connectivity index (χ3v) is 4.14. The highest BCUT2D eigenvalue weighted by Crippen LogP contribution is 2.24. The SMILES string of the molecule is CC(=O)N1CC(C(=O)NC2CCCCC2C)C1. The minimum absolute atomic E-state index is 0.0213. The van der Waals surface area contributed by atoms with E-state index >= 15 is 0 Å². The van der Waals surface area contributed by atoms with Crippen LogP contribution in [-0.4, -0.2) is 35.8 Å². The minimum atomic E-state index is 0.0213. The van der Waals surface area contributed by atoms with Gasteiger partial charge in [0.1, 0.15) is 0 Å². The van der Waals surface area contributed by atoms with Crippen molar-refractivity contribution in [2.45, 2.75) is 45.6 Å². The van der Waals surface area contributed by atoms with E-state index in [4.69, 9.17) is 0 Å². The first-order valence-corrected chi connectivity index (χ1v) is 6.64. The van der Waals surface area contributed by atoms with Gasteiger partial charge >= 0.3 is 0 Å². The van der Waals surface area contributed by atoms with Gasteiger partial charge in [-0.1, -0.05) is 19.8 Å². The molecule has 96 valence electrons. The molecule has 2 atom stereocenters. The molecule has 0 aromatic rings. The van der Waals surface area contributed by atoms with Crippen molar-refractivity contribution < 1.29 is 9.59 Å². The lowest BCUT2D eigenvalue weighted by Crippen LogP contribution is -2.57. The van der Waals surface area contributed by atoms with Crippen molar-refractivity contribution in [2.24, 2.45) is 11.8 Å². The van der Waals surface area contributed by atoms with E-state index in [0.717, 1.165) is 6.42 Å². The number of nitrogens with one attached hydrogen (secondary N) is 1. The summed E-state index contributed by atoms with van der Waals surface area (Å²) in [4.78, 5) is 24.7. The first kappa shape index (κ1) is 12.4. The molecule has 2 rings (SSSR count). The van der Waals surface area contributed by atoms with Gasteiger partial charge in [-0.15, -0.1) is 0 Å². The third-order valence-electron chi connectivity index (χ3n) is 4.14. The average Bonchev–Trinajstić information content (AvgIpc) is 2.18. The lowest BCUT2D eigenvalue weighted by molar-refractivity contribution is -0.141. The molecule has 2 fully saturated rings. The van der Waals surface area contributed by atoms with Crippen LogP contribution in [0.3, 0.4) is 0 Å². The zero-order valence-corrected chi connectivity index (χ0v) is 10.7. The second-order valence-corrected chi connectivity index (χ2v) is 5.50. The largest absolute Gasteiger partial charge is 0.353 e. The van der Waals surface area contributed by atoms with Gasteiger partial charge in [-0.3, -0.25) is 9.59 Å². The number of rotatable bonds is 2. The van der Waals surface area contributed by atoms with Gasteiger partial charge in [0.05, 0.1) is 5.92 Å². The predicted molar refractivity (Wildman–Crippen MR) is 65.3 cm³/mol. The van der Waals surface area contributed by atoms with E-state index < -0.39 is 0 Å². The molecule has 2 amide bonds. The predicted octanol–water partition coefficient (Wildman–Crippen LogP) is 1.16. The van der Waals surface area contributed by atoms with Gasteiger partial charge in [-0.2, -0.15) is 0 Å². The van der Waals surface area contributed by atoms with Crippen LogP contribution in [0.2, 0.25) is 0 Å². The molecule has 0 bridgehead atoms. The number of carbonyl (C=O) groups excluding carboxylic acids is 2. The molecule has 2 unspecified atom stereocenters. The molecule has 1 saturated heterocycles. The van der Waals surface area contributed by atoms with Crippen LogP contribution in [0.1, 0.15) is 39.5 Å². The quantitative estimate of drug-likeness (QED) is 0.785. The Labute approximate surface area is 103 Å². The summed E-state index contributed by atoms with van der Waals surface area (Å²) in [5.74, 6) is 0.825. The molecule has 4 heteroatoms. The highest BCUT2D eigenvalue weighted by molar-refractivity contribution is 5.83. The van der Waals surface area contributed by atoms with Crippen LogP contribution in [0.15, 0.2) is 0 Å². The van der Waals surface area contributed by atoms with Gasteiger partial charge in [0.2, 0.25) is 11.8 Å². The Balaban J connectivity index is 1.76. The van der Waals surface area contributed by atoms with Crippen molar-refractivity contribution in [3.63, 3.8) is 0 Å². The molecule has 0 radical (unpaired) electrons. The molecule has 4 nitrogen and oxygen atoms in total. The van der Waals surface area contributed by atoms with Crippen LogP contribution in [0.5, 0.6) is 0 Å². The van der Waals surface area contributed by atoms with Crippen LogP contribution >= 0.6 is 0 Å². The Morgan fingerprint density at radius 1 is 1.18 bits per heavy atom. The van der Waals surface area contributed by atoms with E-state index in [1.807, 2.05) is 0 Å². The third kappa shape index (κ3) is 2.79. The number of likely N-dealkylation sites (tertiary alicyclic amines) is 1. The first-order valence-electron chi connectivity index (χ1n) is 6.64. The van der Waals surface area contributed by atoms with Crippen molar-refractivity contribution >= 4 is 11.8 Å². The maximum atomic E-state index is 12.0. The van der Waals surface area contributed by atoms with E-state index in [9.17, 15) is 9.59 Å². The van der Waals surface area contributed by atoms with E-state index in [1.54, 1.807) is 11.8 Å². The van der Waals surface area contributed by atoms with Gasteiger partial charge in [-0.05, 0) is 18.8 Å². The minimum Gasteiger partial charge on any atom is -0.353 e. The van der Waals surface area contributed by atoms with Crippen LogP contribution in [0.25, 0.3) is 0 Å². The number of nitrogens with zero attached hydrogens (tertiary/aromatic N) is 1. The van der Waals surface area contributed by atoms with Crippen molar-refractivity contribution in [3.8, 4) is 0 Å². The number of hydrogen-bond donors (Lipinski definition) is 1. The monoisotopic (exact) mass is 238 g/mol. The van der Waals surface area contributed by atoms with Gasteiger partial charge in [0, 0.05) is 26.1 Å². The number of carbonyl (C=O) groups is 2. The fraction of sp³-hybridized carbons (Fsp3) is 0.846. The second-order valence-electron chi connectivity index (χ2n) is 5.50. The van der Waals surface area contributed by atoms with Crippen LogP contribution < -0.4 is 5.32 Å². The number of hydrogen-bond acceptors (Lipinski definition) is 2. The normalized spacial score (nSPS) is 29.6. The Kier molecular flexibility index (Phi) is 3.69. The Morgan fingerprint density at radius 2 is 1.82 bits per heavy atom. The summed E-state index contributed by atoms with van der Waals surface area (Å²) in [6.45, 7) is 4.97. The summed E-state index contributed by atoms with van der Waals surface area (Å²) in [5, 5.41) is 3.15. The summed E-state index contributed by atoms with van der Waals surface area (Å²) in [5.41, 5.74) is 0. The van der Waals surface area contributed by atoms with Crippen molar-refractivity contribution in [1.82, 2.24) is 10.2 Å². The zero-order chi connectivity index (χ0) is 12.4. The molecule has 1 aliphatic heterocycles. The Bertz CT molecular complexity index is 311. The second kappa shape index (κ2) is 5.07. The fourth-order valence-corrected chi connectivity index (χ4v) is 2.73.